The first-order valence-corrected chi connectivity index (χ1v) is 6.55. The van der Waals surface area contributed by atoms with Gasteiger partial charge in [-0.05, 0) is 26.7 Å². The lowest BCUT2D eigenvalue weighted by atomic mass is 9.91. The Balaban J connectivity index is 2.63. The number of aliphatic hydroxyl groups excluding tert-OH is 1. The lowest BCUT2D eigenvalue weighted by Gasteiger charge is -2.28. The number of carbonyl (C=O) groups excluding carboxylic acids is 1. The second-order valence-electron chi connectivity index (χ2n) is 5.27. The molecule has 0 radical (unpaired) electrons. The van der Waals surface area contributed by atoms with Gasteiger partial charge in [0.25, 0.3) is 0 Å². The summed E-state index contributed by atoms with van der Waals surface area (Å²) in [6, 6.07) is -0.168. The molecule has 5 heteroatoms. The lowest BCUT2D eigenvalue weighted by molar-refractivity contribution is -0.127. The fourth-order valence-electron chi connectivity index (χ4n) is 1.92. The number of carbonyl (C=O) groups is 1. The number of rotatable bonds is 3. The standard InChI is InChI=1S/C12H22N2O2S/c1-12(2,10(13)17)11(16)14-8-6-4-3-5-7-9(8)15/h8-9,15H,3-7H2,1-2H3,(H2,13,17)(H,14,16). The van der Waals surface area contributed by atoms with Gasteiger partial charge in [-0.3, -0.25) is 4.79 Å². The second kappa shape index (κ2) is 5.78. The van der Waals surface area contributed by atoms with Crippen molar-refractivity contribution in [3.05, 3.63) is 0 Å². The summed E-state index contributed by atoms with van der Waals surface area (Å²) in [5.41, 5.74) is 4.69. The zero-order valence-electron chi connectivity index (χ0n) is 10.5. The summed E-state index contributed by atoms with van der Waals surface area (Å²) in [6.07, 6.45) is 4.28. The molecule has 2 atom stereocenters. The monoisotopic (exact) mass is 258 g/mol. The molecule has 2 unspecified atom stereocenters. The summed E-state index contributed by atoms with van der Waals surface area (Å²) in [7, 11) is 0. The van der Waals surface area contributed by atoms with E-state index in [-0.39, 0.29) is 16.9 Å². The molecule has 1 fully saturated rings. The first kappa shape index (κ1) is 14.4. The largest absolute Gasteiger partial charge is 0.392 e. The topological polar surface area (TPSA) is 75.3 Å². The van der Waals surface area contributed by atoms with Crippen LogP contribution in [0, 0.1) is 5.41 Å². The Bertz CT molecular complexity index is 305. The molecular formula is C12H22N2O2S. The van der Waals surface area contributed by atoms with Crippen molar-refractivity contribution >= 4 is 23.1 Å². The van der Waals surface area contributed by atoms with Crippen molar-refractivity contribution in [3.63, 3.8) is 0 Å². The van der Waals surface area contributed by atoms with Gasteiger partial charge >= 0.3 is 0 Å². The highest BCUT2D eigenvalue weighted by molar-refractivity contribution is 7.80. The van der Waals surface area contributed by atoms with Crippen molar-refractivity contribution in [1.29, 1.82) is 0 Å². The third-order valence-corrected chi connectivity index (χ3v) is 3.99. The van der Waals surface area contributed by atoms with Gasteiger partial charge in [-0.25, -0.2) is 0 Å². The van der Waals surface area contributed by atoms with Crippen molar-refractivity contribution < 1.29 is 9.90 Å². The number of nitrogens with one attached hydrogen (secondary N) is 1. The Labute approximate surface area is 108 Å². The third-order valence-electron chi connectivity index (χ3n) is 3.48. The molecule has 98 valence electrons. The molecule has 17 heavy (non-hydrogen) atoms. The van der Waals surface area contributed by atoms with Crippen LogP contribution in [0.15, 0.2) is 0 Å². The fraction of sp³-hybridized carbons (Fsp3) is 0.833. The second-order valence-corrected chi connectivity index (χ2v) is 5.71. The maximum atomic E-state index is 12.0. The molecule has 0 aliphatic heterocycles. The number of hydrogen-bond acceptors (Lipinski definition) is 3. The van der Waals surface area contributed by atoms with E-state index >= 15 is 0 Å². The quantitative estimate of drug-likeness (QED) is 0.523. The summed E-state index contributed by atoms with van der Waals surface area (Å²) in [4.78, 5) is 12.2. The molecule has 4 nitrogen and oxygen atoms in total. The van der Waals surface area contributed by atoms with Crippen molar-refractivity contribution in [2.24, 2.45) is 11.1 Å². The van der Waals surface area contributed by atoms with E-state index in [9.17, 15) is 9.90 Å². The molecule has 0 bridgehead atoms. The van der Waals surface area contributed by atoms with Crippen LogP contribution in [0.3, 0.4) is 0 Å². The number of nitrogens with two attached hydrogens (primary N) is 1. The van der Waals surface area contributed by atoms with Crippen molar-refractivity contribution in [1.82, 2.24) is 5.32 Å². The Kier molecular flexibility index (Phi) is 4.89. The molecule has 1 rings (SSSR count). The minimum Gasteiger partial charge on any atom is -0.392 e. The van der Waals surface area contributed by atoms with Crippen LogP contribution in [0.25, 0.3) is 0 Å². The van der Waals surface area contributed by atoms with Crippen LogP contribution >= 0.6 is 12.2 Å². The molecule has 1 saturated carbocycles. The highest BCUT2D eigenvalue weighted by atomic mass is 32.1. The van der Waals surface area contributed by atoms with E-state index < -0.39 is 11.5 Å². The molecule has 0 aromatic heterocycles. The zero-order chi connectivity index (χ0) is 13.1. The minimum atomic E-state index is -0.860. The van der Waals surface area contributed by atoms with E-state index in [2.05, 4.69) is 5.32 Å². The van der Waals surface area contributed by atoms with E-state index in [1.54, 1.807) is 13.8 Å². The maximum absolute atomic E-state index is 12.0. The normalized spacial score (nSPS) is 26.1. The van der Waals surface area contributed by atoms with E-state index in [0.717, 1.165) is 32.1 Å². The van der Waals surface area contributed by atoms with Crippen molar-refractivity contribution in [3.8, 4) is 0 Å². The molecule has 1 aliphatic carbocycles. The van der Waals surface area contributed by atoms with Gasteiger partial charge < -0.3 is 16.2 Å². The van der Waals surface area contributed by atoms with Crippen LogP contribution in [-0.4, -0.2) is 28.1 Å². The zero-order valence-corrected chi connectivity index (χ0v) is 11.3. The first-order valence-electron chi connectivity index (χ1n) is 6.14. The summed E-state index contributed by atoms with van der Waals surface area (Å²) in [6.45, 7) is 3.40. The van der Waals surface area contributed by atoms with Gasteiger partial charge in [-0.15, -0.1) is 0 Å². The van der Waals surface area contributed by atoms with Gasteiger partial charge in [0.05, 0.1) is 22.5 Å². The van der Waals surface area contributed by atoms with Gasteiger partial charge in [0.2, 0.25) is 5.91 Å². The van der Waals surface area contributed by atoms with Crippen LogP contribution in [0.4, 0.5) is 0 Å². The minimum absolute atomic E-state index is 0.168. The lowest BCUT2D eigenvalue weighted by Crippen LogP contribution is -2.51. The number of aliphatic hydroxyl groups is 1. The highest BCUT2D eigenvalue weighted by Crippen LogP contribution is 2.21. The summed E-state index contributed by atoms with van der Waals surface area (Å²) in [5.74, 6) is -0.198. The molecule has 0 heterocycles. The molecule has 0 spiro atoms. The molecule has 0 saturated heterocycles. The Morgan fingerprint density at radius 2 is 1.94 bits per heavy atom. The van der Waals surface area contributed by atoms with E-state index in [1.807, 2.05) is 0 Å². The number of thiocarbonyl (C=S) groups is 1. The Hall–Kier alpha value is -0.680. The number of hydrogen-bond donors (Lipinski definition) is 3. The van der Waals surface area contributed by atoms with Gasteiger partial charge in [-0.2, -0.15) is 0 Å². The van der Waals surface area contributed by atoms with Crippen LogP contribution < -0.4 is 11.1 Å². The van der Waals surface area contributed by atoms with E-state index in [1.165, 1.54) is 0 Å². The van der Waals surface area contributed by atoms with Crippen LogP contribution in [0.5, 0.6) is 0 Å². The van der Waals surface area contributed by atoms with Gasteiger partial charge in [0, 0.05) is 0 Å². The summed E-state index contributed by atoms with van der Waals surface area (Å²) >= 11 is 4.89. The molecule has 0 aromatic carbocycles. The van der Waals surface area contributed by atoms with E-state index in [0.29, 0.717) is 0 Å². The molecule has 4 N–H and O–H groups in total. The van der Waals surface area contributed by atoms with Gasteiger partial charge in [0.1, 0.15) is 0 Å². The van der Waals surface area contributed by atoms with Crippen LogP contribution in [0.2, 0.25) is 0 Å². The van der Waals surface area contributed by atoms with Crippen LogP contribution in [-0.2, 0) is 4.79 Å². The fourth-order valence-corrected chi connectivity index (χ4v) is 2.01. The highest BCUT2D eigenvalue weighted by Gasteiger charge is 2.34. The average Bonchev–Trinajstić information content (AvgIpc) is 2.44. The molecule has 1 aliphatic rings. The third kappa shape index (κ3) is 3.64. The number of amides is 1. The predicted octanol–water partition coefficient (Wildman–Crippen LogP) is 1.11. The van der Waals surface area contributed by atoms with Crippen molar-refractivity contribution in [2.75, 3.05) is 0 Å². The Morgan fingerprint density at radius 1 is 1.35 bits per heavy atom. The van der Waals surface area contributed by atoms with E-state index in [4.69, 9.17) is 18.0 Å². The SMILES string of the molecule is CC(C)(C(=O)NC1CCCCCC1O)C(N)=S. The first-order chi connectivity index (χ1) is 7.85. The van der Waals surface area contributed by atoms with Gasteiger partial charge in [0.15, 0.2) is 0 Å². The van der Waals surface area contributed by atoms with Crippen LogP contribution in [0.1, 0.15) is 46.0 Å². The predicted molar refractivity (Wildman–Crippen MR) is 71.6 cm³/mol. The van der Waals surface area contributed by atoms with Crippen molar-refractivity contribution in [2.45, 2.75) is 58.1 Å². The summed E-state index contributed by atoms with van der Waals surface area (Å²) in [5, 5.41) is 12.8. The maximum Gasteiger partial charge on any atom is 0.232 e. The summed E-state index contributed by atoms with van der Waals surface area (Å²) < 4.78 is 0. The van der Waals surface area contributed by atoms with Gasteiger partial charge in [-0.1, -0.05) is 31.5 Å². The smallest absolute Gasteiger partial charge is 0.232 e. The average molecular weight is 258 g/mol. The molecular weight excluding hydrogens is 236 g/mol. The Morgan fingerprint density at radius 3 is 2.53 bits per heavy atom. The molecule has 1 amide bonds. The molecule has 0 aromatic rings.